The predicted octanol–water partition coefficient (Wildman–Crippen LogP) is 7.54. The minimum absolute atomic E-state index is 0.0316. The summed E-state index contributed by atoms with van der Waals surface area (Å²) >= 11 is 0. The van der Waals surface area contributed by atoms with Crippen LogP contribution in [0, 0.1) is 16.2 Å². The van der Waals surface area contributed by atoms with Gasteiger partial charge in [0.15, 0.2) is 0 Å². The van der Waals surface area contributed by atoms with Crippen molar-refractivity contribution < 1.29 is 0 Å². The van der Waals surface area contributed by atoms with Gasteiger partial charge in [0.05, 0.1) is 12.6 Å². The molecule has 3 heteroatoms. The monoisotopic (exact) mass is 354 g/mol. The van der Waals surface area contributed by atoms with E-state index in [1.165, 1.54) is 0 Å². The SMILES string of the molecule is CC(C)(C)C1=PC2([Si](C)(C)C)C(C(C)(C)C)=C(C(C)(C)C)P12. The highest BCUT2D eigenvalue weighted by atomic mass is 31.2. The van der Waals surface area contributed by atoms with Crippen LogP contribution >= 0.6 is 16.1 Å². The van der Waals surface area contributed by atoms with Crippen molar-refractivity contribution in [3.8, 4) is 0 Å². The van der Waals surface area contributed by atoms with Crippen LogP contribution in [0.25, 0.3) is 0 Å². The average Bonchev–Trinajstić information content (AvgIpc) is 2.12. The molecule has 0 amide bonds. The topological polar surface area (TPSA) is 0 Å². The molecule has 2 rings (SSSR count). The van der Waals surface area contributed by atoms with Gasteiger partial charge in [-0.1, -0.05) is 90.2 Å². The molecule has 22 heavy (non-hydrogen) atoms. The molecule has 0 aromatic rings. The molecule has 0 aromatic heterocycles. The zero-order valence-corrected chi connectivity index (χ0v) is 19.7. The van der Waals surface area contributed by atoms with Crippen LogP contribution in [0.5, 0.6) is 0 Å². The molecule has 0 bridgehead atoms. The van der Waals surface area contributed by atoms with Crippen molar-refractivity contribution in [2.24, 2.45) is 16.2 Å². The maximum absolute atomic E-state index is 2.61. The van der Waals surface area contributed by atoms with Crippen LogP contribution < -0.4 is 0 Å². The third-order valence-electron chi connectivity index (χ3n) is 4.79. The summed E-state index contributed by atoms with van der Waals surface area (Å²) in [6, 6.07) is 0. The van der Waals surface area contributed by atoms with Crippen LogP contribution in [-0.2, 0) is 0 Å². The van der Waals surface area contributed by atoms with Crippen LogP contribution in [0.4, 0.5) is 0 Å². The summed E-state index contributed by atoms with van der Waals surface area (Å²) < 4.78 is 0.575. The molecule has 2 atom stereocenters. The van der Waals surface area contributed by atoms with E-state index in [0.717, 1.165) is 0 Å². The fraction of sp³-hybridized carbons (Fsp3) is 0.842. The number of fused-ring (bicyclic) bond motifs is 1. The Kier molecular flexibility index (Phi) is 4.12. The van der Waals surface area contributed by atoms with Gasteiger partial charge in [0, 0.05) is 0 Å². The van der Waals surface area contributed by atoms with Gasteiger partial charge in [-0.3, -0.25) is 0 Å². The van der Waals surface area contributed by atoms with Crippen molar-refractivity contribution in [2.75, 3.05) is 0 Å². The lowest BCUT2D eigenvalue weighted by Crippen LogP contribution is -2.62. The highest BCUT2D eigenvalue weighted by Crippen LogP contribution is 2.90. The number of hydrogen-bond donors (Lipinski definition) is 0. The Morgan fingerprint density at radius 3 is 1.50 bits per heavy atom. The van der Waals surface area contributed by atoms with E-state index in [9.17, 15) is 0 Å². The summed E-state index contributed by atoms with van der Waals surface area (Å²) in [5.74, 6) is 0. The largest absolute Gasteiger partial charge is 0.0861 e. The molecule has 2 unspecified atom stereocenters. The first-order valence-corrected chi connectivity index (χ1v) is 14.4. The van der Waals surface area contributed by atoms with Gasteiger partial charge in [-0.25, -0.2) is 0 Å². The summed E-state index contributed by atoms with van der Waals surface area (Å²) in [4.78, 5) is 0. The zero-order chi connectivity index (χ0) is 17.5. The van der Waals surface area contributed by atoms with Crippen molar-refractivity contribution in [3.05, 3.63) is 10.9 Å². The van der Waals surface area contributed by atoms with Crippen molar-refractivity contribution in [3.63, 3.8) is 0 Å². The molecule has 0 spiro atoms. The van der Waals surface area contributed by atoms with Gasteiger partial charge >= 0.3 is 0 Å². The summed E-state index contributed by atoms with van der Waals surface area (Å²) in [5, 5.41) is 3.71. The molecule has 126 valence electrons. The molecule has 0 fully saturated rings. The lowest BCUT2D eigenvalue weighted by Gasteiger charge is -2.70. The van der Waals surface area contributed by atoms with Crippen molar-refractivity contribution in [1.29, 1.82) is 0 Å². The van der Waals surface area contributed by atoms with Gasteiger partial charge in [-0.05, 0) is 40.1 Å². The van der Waals surface area contributed by atoms with Crippen molar-refractivity contribution in [2.45, 2.75) is 86.5 Å². The van der Waals surface area contributed by atoms with Gasteiger partial charge in [0.25, 0.3) is 0 Å². The number of rotatable bonds is 1. The van der Waals surface area contributed by atoms with Gasteiger partial charge in [-0.15, -0.1) is 0 Å². The van der Waals surface area contributed by atoms with E-state index in [-0.39, 0.29) is 7.92 Å². The number of hydrogen-bond acceptors (Lipinski definition) is 0. The van der Waals surface area contributed by atoms with Gasteiger partial charge in [0.2, 0.25) is 0 Å². The van der Waals surface area contributed by atoms with E-state index in [4.69, 9.17) is 0 Å². The highest BCUT2D eigenvalue weighted by molar-refractivity contribution is 8.06. The molecule has 2 aliphatic rings. The molecule has 0 aromatic carbocycles. The lowest BCUT2D eigenvalue weighted by atomic mass is 9.80. The van der Waals surface area contributed by atoms with Crippen LogP contribution in [0.15, 0.2) is 10.9 Å². The maximum Gasteiger partial charge on any atom is 0.0720 e. The van der Waals surface area contributed by atoms with Crippen LogP contribution in [0.3, 0.4) is 0 Å². The summed E-state index contributed by atoms with van der Waals surface area (Å²) in [6.07, 6.45) is 0. The Bertz CT molecular complexity index is 556. The second-order valence-corrected chi connectivity index (χ2v) is 21.5. The zero-order valence-electron chi connectivity index (χ0n) is 16.9. The number of allylic oxidation sites excluding steroid dienone is 2. The fourth-order valence-corrected chi connectivity index (χ4v) is 17.9. The lowest BCUT2D eigenvalue weighted by molar-refractivity contribution is 0.441. The Hall–Kier alpha value is 0.557. The molecule has 0 radical (unpaired) electrons. The molecule has 0 N–H and O–H groups in total. The first kappa shape index (κ1) is 18.9. The molecule has 0 nitrogen and oxygen atoms in total. The van der Waals surface area contributed by atoms with E-state index >= 15 is 0 Å². The first-order chi connectivity index (χ1) is 9.46. The van der Waals surface area contributed by atoms with E-state index < -0.39 is 8.07 Å². The highest BCUT2D eigenvalue weighted by Gasteiger charge is 2.70. The second kappa shape index (κ2) is 4.80. The predicted molar refractivity (Wildman–Crippen MR) is 110 cm³/mol. The molecule has 2 heterocycles. The van der Waals surface area contributed by atoms with Gasteiger partial charge in [0.1, 0.15) is 0 Å². The summed E-state index contributed by atoms with van der Waals surface area (Å²) in [6.45, 7) is 29.8. The summed E-state index contributed by atoms with van der Waals surface area (Å²) in [7, 11) is 0.409. The Morgan fingerprint density at radius 2 is 1.23 bits per heavy atom. The Labute approximate surface area is 143 Å². The van der Waals surface area contributed by atoms with Crippen LogP contribution in [-0.4, -0.2) is 17.6 Å². The normalized spacial score (nSPS) is 30.4. The van der Waals surface area contributed by atoms with E-state index in [1.54, 1.807) is 8.20 Å². The molecule has 0 saturated carbocycles. The van der Waals surface area contributed by atoms with Gasteiger partial charge in [-0.2, -0.15) is 0 Å². The van der Waals surface area contributed by atoms with Crippen LogP contribution in [0.2, 0.25) is 19.6 Å². The van der Waals surface area contributed by atoms with E-state index in [0.29, 0.717) is 20.8 Å². The van der Waals surface area contributed by atoms with Crippen LogP contribution in [0.1, 0.15) is 62.3 Å². The maximum atomic E-state index is 2.61. The molecule has 2 aliphatic heterocycles. The molecule has 0 saturated heterocycles. The minimum Gasteiger partial charge on any atom is -0.0861 e. The minimum atomic E-state index is -1.25. The second-order valence-electron chi connectivity index (χ2n) is 11.2. The Morgan fingerprint density at radius 1 is 0.773 bits per heavy atom. The Balaban J connectivity index is 2.73. The smallest absolute Gasteiger partial charge is 0.0720 e. The van der Waals surface area contributed by atoms with E-state index in [2.05, 4.69) is 82.0 Å². The first-order valence-electron chi connectivity index (χ1n) is 8.62. The van der Waals surface area contributed by atoms with Crippen molar-refractivity contribution in [1.82, 2.24) is 0 Å². The van der Waals surface area contributed by atoms with Crippen molar-refractivity contribution >= 4 is 29.2 Å². The van der Waals surface area contributed by atoms with E-state index in [1.807, 2.05) is 15.9 Å². The molecular formula is C19H36P2Si. The molecular weight excluding hydrogens is 318 g/mol. The third-order valence-corrected chi connectivity index (χ3v) is 18.7. The standard InChI is InChI=1S/C19H36P2Si/c1-16(2,3)13-14(17(4,5)6)21-15(18(7,8)9)20-19(13,21)22(10,11)12/h1-12H3. The van der Waals surface area contributed by atoms with Gasteiger partial charge < -0.3 is 0 Å². The fourth-order valence-electron chi connectivity index (χ4n) is 3.99. The summed E-state index contributed by atoms with van der Waals surface area (Å²) in [5.41, 5.74) is 2.87. The molecule has 0 aliphatic carbocycles. The average molecular weight is 355 g/mol. The quantitative estimate of drug-likeness (QED) is 0.337. The third kappa shape index (κ3) is 2.46.